The fourth-order valence-corrected chi connectivity index (χ4v) is 4.20. The fourth-order valence-electron chi connectivity index (χ4n) is 2.02. The standard InChI is InChI=1S/C13H15N3S2/c1-3-8-5-9-11(18-8)7-17-10-6-15-13(14-4-2)16-12(9)10/h5-6H,3-4,7H2,1-2H3,(H,14,15,16). The van der Waals surface area contributed by atoms with Gasteiger partial charge in [-0.15, -0.1) is 23.1 Å². The van der Waals surface area contributed by atoms with Gasteiger partial charge in [0.05, 0.1) is 10.6 Å². The largest absolute Gasteiger partial charge is 0.354 e. The number of thiophene rings is 1. The molecule has 0 amide bonds. The van der Waals surface area contributed by atoms with Crippen LogP contribution < -0.4 is 5.32 Å². The first-order valence-electron chi connectivity index (χ1n) is 6.17. The van der Waals surface area contributed by atoms with E-state index >= 15 is 0 Å². The lowest BCUT2D eigenvalue weighted by molar-refractivity contribution is 1.05. The maximum absolute atomic E-state index is 4.66. The third kappa shape index (κ3) is 2.01. The second-order valence-electron chi connectivity index (χ2n) is 4.13. The van der Waals surface area contributed by atoms with Crippen LogP contribution in [0.3, 0.4) is 0 Å². The zero-order chi connectivity index (χ0) is 12.5. The van der Waals surface area contributed by atoms with Gasteiger partial charge in [0.2, 0.25) is 5.95 Å². The number of aromatic nitrogens is 2. The van der Waals surface area contributed by atoms with E-state index < -0.39 is 0 Å². The first kappa shape index (κ1) is 12.0. The van der Waals surface area contributed by atoms with Gasteiger partial charge in [0.15, 0.2) is 0 Å². The minimum Gasteiger partial charge on any atom is -0.354 e. The maximum atomic E-state index is 4.66. The Morgan fingerprint density at radius 3 is 3.06 bits per heavy atom. The maximum Gasteiger partial charge on any atom is 0.223 e. The van der Waals surface area contributed by atoms with Crippen molar-refractivity contribution in [2.75, 3.05) is 11.9 Å². The van der Waals surface area contributed by atoms with Gasteiger partial charge in [-0.3, -0.25) is 0 Å². The Morgan fingerprint density at radius 1 is 1.39 bits per heavy atom. The lowest BCUT2D eigenvalue weighted by Gasteiger charge is -2.15. The first-order valence-corrected chi connectivity index (χ1v) is 7.97. The highest BCUT2D eigenvalue weighted by Crippen LogP contribution is 2.44. The highest BCUT2D eigenvalue weighted by Gasteiger charge is 2.21. The zero-order valence-electron chi connectivity index (χ0n) is 10.5. The van der Waals surface area contributed by atoms with Crippen molar-refractivity contribution in [2.45, 2.75) is 30.9 Å². The van der Waals surface area contributed by atoms with Gasteiger partial charge in [-0.2, -0.15) is 0 Å². The normalized spacial score (nSPS) is 13.0. The zero-order valence-corrected chi connectivity index (χ0v) is 12.1. The van der Waals surface area contributed by atoms with Crippen molar-refractivity contribution >= 4 is 29.0 Å². The third-order valence-corrected chi connectivity index (χ3v) is 5.42. The first-order chi connectivity index (χ1) is 8.81. The van der Waals surface area contributed by atoms with Crippen LogP contribution in [-0.2, 0) is 12.2 Å². The van der Waals surface area contributed by atoms with Crippen molar-refractivity contribution < 1.29 is 0 Å². The molecule has 0 saturated carbocycles. The molecule has 18 heavy (non-hydrogen) atoms. The average Bonchev–Trinajstić information content (AvgIpc) is 2.82. The van der Waals surface area contributed by atoms with E-state index in [1.807, 2.05) is 29.3 Å². The second-order valence-corrected chi connectivity index (χ2v) is 6.37. The quantitative estimate of drug-likeness (QED) is 0.926. The van der Waals surface area contributed by atoms with Crippen LogP contribution in [-0.4, -0.2) is 16.5 Å². The number of nitrogens with zero attached hydrogens (tertiary/aromatic N) is 2. The average molecular weight is 277 g/mol. The van der Waals surface area contributed by atoms with Gasteiger partial charge >= 0.3 is 0 Å². The summed E-state index contributed by atoms with van der Waals surface area (Å²) in [5, 5.41) is 3.18. The minimum absolute atomic E-state index is 0.731. The van der Waals surface area contributed by atoms with Crippen molar-refractivity contribution in [3.05, 3.63) is 22.0 Å². The van der Waals surface area contributed by atoms with Crippen LogP contribution in [0.2, 0.25) is 0 Å². The Morgan fingerprint density at radius 2 is 2.28 bits per heavy atom. The molecule has 2 aromatic heterocycles. The molecule has 0 unspecified atom stereocenters. The fraction of sp³-hybridized carbons (Fsp3) is 0.385. The summed E-state index contributed by atoms with van der Waals surface area (Å²) < 4.78 is 0. The number of rotatable bonds is 3. The molecule has 0 aromatic carbocycles. The van der Waals surface area contributed by atoms with Gasteiger partial charge < -0.3 is 5.32 Å². The molecule has 1 aliphatic heterocycles. The predicted molar refractivity (Wildman–Crippen MR) is 78.4 cm³/mol. The Hall–Kier alpha value is -1.07. The highest BCUT2D eigenvalue weighted by atomic mass is 32.2. The molecule has 0 bridgehead atoms. The number of nitrogens with one attached hydrogen (secondary N) is 1. The number of fused-ring (bicyclic) bond motifs is 3. The van der Waals surface area contributed by atoms with Gasteiger partial charge in [0.1, 0.15) is 0 Å². The van der Waals surface area contributed by atoms with Gasteiger partial charge in [-0.25, -0.2) is 9.97 Å². The van der Waals surface area contributed by atoms with E-state index in [1.165, 1.54) is 20.2 Å². The molecule has 0 saturated heterocycles. The molecule has 1 aliphatic rings. The minimum atomic E-state index is 0.731. The van der Waals surface area contributed by atoms with E-state index in [-0.39, 0.29) is 0 Å². The highest BCUT2D eigenvalue weighted by molar-refractivity contribution is 7.98. The summed E-state index contributed by atoms with van der Waals surface area (Å²) in [5.41, 5.74) is 2.41. The third-order valence-electron chi connectivity index (χ3n) is 2.91. The molecule has 0 radical (unpaired) electrons. The SMILES string of the molecule is CCNc1ncc2c(n1)-c1cc(CC)sc1CS2. The van der Waals surface area contributed by atoms with E-state index in [0.717, 1.165) is 30.4 Å². The van der Waals surface area contributed by atoms with Crippen molar-refractivity contribution in [1.82, 2.24) is 9.97 Å². The molecule has 0 fully saturated rings. The molecule has 0 aliphatic carbocycles. The summed E-state index contributed by atoms with van der Waals surface area (Å²) in [4.78, 5) is 13.1. The van der Waals surface area contributed by atoms with Crippen molar-refractivity contribution in [1.29, 1.82) is 0 Å². The van der Waals surface area contributed by atoms with Gasteiger partial charge in [0.25, 0.3) is 0 Å². The van der Waals surface area contributed by atoms with Crippen molar-refractivity contribution in [3.8, 4) is 11.3 Å². The van der Waals surface area contributed by atoms with E-state index in [4.69, 9.17) is 0 Å². The molecule has 3 rings (SSSR count). The summed E-state index contributed by atoms with van der Waals surface area (Å²) in [6.07, 6.45) is 3.04. The Labute approximate surface area is 115 Å². The van der Waals surface area contributed by atoms with Gasteiger partial charge in [0, 0.05) is 33.8 Å². The lowest BCUT2D eigenvalue weighted by atomic mass is 10.1. The molecular weight excluding hydrogens is 262 g/mol. The number of hydrogen-bond donors (Lipinski definition) is 1. The Bertz CT molecular complexity index is 578. The molecule has 94 valence electrons. The summed E-state index contributed by atoms with van der Waals surface area (Å²) in [6.45, 7) is 5.11. The molecule has 0 atom stereocenters. The molecule has 5 heteroatoms. The van der Waals surface area contributed by atoms with Crippen LogP contribution in [0.25, 0.3) is 11.3 Å². The van der Waals surface area contributed by atoms with E-state index in [2.05, 4.69) is 35.2 Å². The van der Waals surface area contributed by atoms with Crippen LogP contribution in [0, 0.1) is 0 Å². The molecule has 0 spiro atoms. The smallest absolute Gasteiger partial charge is 0.223 e. The predicted octanol–water partition coefficient (Wildman–Crippen LogP) is 3.81. The van der Waals surface area contributed by atoms with Crippen molar-refractivity contribution in [2.24, 2.45) is 0 Å². The Kier molecular flexibility index (Phi) is 3.26. The van der Waals surface area contributed by atoms with Crippen LogP contribution >= 0.6 is 23.1 Å². The summed E-state index contributed by atoms with van der Waals surface area (Å²) in [7, 11) is 0. The number of aryl methyl sites for hydroxylation is 1. The van der Waals surface area contributed by atoms with Crippen molar-refractivity contribution in [3.63, 3.8) is 0 Å². The Balaban J connectivity index is 2.08. The van der Waals surface area contributed by atoms with Crippen LogP contribution in [0.4, 0.5) is 5.95 Å². The lowest BCUT2D eigenvalue weighted by Crippen LogP contribution is -2.04. The topological polar surface area (TPSA) is 37.8 Å². The van der Waals surface area contributed by atoms with E-state index in [0.29, 0.717) is 0 Å². The second kappa shape index (κ2) is 4.90. The van der Waals surface area contributed by atoms with E-state index in [1.54, 1.807) is 0 Å². The number of thioether (sulfide) groups is 1. The molecule has 3 nitrogen and oxygen atoms in total. The summed E-state index contributed by atoms with van der Waals surface area (Å²) in [6, 6.07) is 2.29. The molecular formula is C13H15N3S2. The van der Waals surface area contributed by atoms with Gasteiger partial charge in [-0.05, 0) is 19.4 Å². The van der Waals surface area contributed by atoms with E-state index in [9.17, 15) is 0 Å². The van der Waals surface area contributed by atoms with Crippen LogP contribution in [0.1, 0.15) is 23.6 Å². The summed E-state index contributed by atoms with van der Waals surface area (Å²) >= 11 is 3.76. The van der Waals surface area contributed by atoms with Crippen LogP contribution in [0.5, 0.6) is 0 Å². The monoisotopic (exact) mass is 277 g/mol. The van der Waals surface area contributed by atoms with Gasteiger partial charge in [-0.1, -0.05) is 6.92 Å². The molecule has 1 N–H and O–H groups in total. The number of hydrogen-bond acceptors (Lipinski definition) is 5. The number of anilines is 1. The molecule has 2 aromatic rings. The summed E-state index contributed by atoms with van der Waals surface area (Å²) in [5.74, 6) is 1.78. The molecule has 3 heterocycles. The van der Waals surface area contributed by atoms with Crippen LogP contribution in [0.15, 0.2) is 17.2 Å².